The number of thiophene rings is 1. The number of hydrogen-bond donors (Lipinski definition) is 0. The Morgan fingerprint density at radius 3 is 2.84 bits per heavy atom. The van der Waals surface area contributed by atoms with Crippen molar-refractivity contribution in [2.45, 2.75) is 31.7 Å². The summed E-state index contributed by atoms with van der Waals surface area (Å²) in [6.07, 6.45) is 3.75. The van der Waals surface area contributed by atoms with Gasteiger partial charge >= 0.3 is 5.97 Å². The molecule has 0 fully saturated rings. The minimum absolute atomic E-state index is 0.119. The number of tetrazole rings is 1. The Morgan fingerprint density at radius 1 is 1.18 bits per heavy atom. The highest BCUT2D eigenvalue weighted by molar-refractivity contribution is 7.13. The molecule has 4 aromatic rings. The second-order valence-corrected chi connectivity index (χ2v) is 10.9. The highest BCUT2D eigenvalue weighted by Crippen LogP contribution is 2.40. The van der Waals surface area contributed by atoms with Crippen molar-refractivity contribution in [3.63, 3.8) is 0 Å². The quantitative estimate of drug-likeness (QED) is 0.244. The first-order valence-corrected chi connectivity index (χ1v) is 13.4. The number of benzene rings is 1. The van der Waals surface area contributed by atoms with E-state index >= 15 is 0 Å². The van der Waals surface area contributed by atoms with Gasteiger partial charge in [0.1, 0.15) is 11.5 Å². The summed E-state index contributed by atoms with van der Waals surface area (Å²) in [4.78, 5) is 31.6. The number of methoxy groups -OCH3 is 1. The van der Waals surface area contributed by atoms with Crippen molar-refractivity contribution >= 4 is 51.8 Å². The number of esters is 1. The van der Waals surface area contributed by atoms with Crippen LogP contribution >= 0.6 is 34.5 Å². The van der Waals surface area contributed by atoms with Crippen molar-refractivity contribution in [3.05, 3.63) is 84.8 Å². The largest absolute Gasteiger partial charge is 0.469 e. The molecule has 0 N–H and O–H groups in total. The molecule has 0 aliphatic carbocycles. The van der Waals surface area contributed by atoms with E-state index in [0.717, 1.165) is 56.4 Å². The van der Waals surface area contributed by atoms with Gasteiger partial charge < -0.3 is 9.30 Å². The van der Waals surface area contributed by atoms with E-state index in [1.54, 1.807) is 16.8 Å². The third kappa shape index (κ3) is 4.48. The zero-order valence-corrected chi connectivity index (χ0v) is 22.4. The number of hydrogen-bond acceptors (Lipinski definition) is 8. The molecule has 0 unspecified atom stereocenters. The average Bonchev–Trinajstić information content (AvgIpc) is 3.70. The Labute approximate surface area is 231 Å². The number of aromatic nitrogens is 5. The van der Waals surface area contributed by atoms with Crippen LogP contribution in [0.4, 0.5) is 0 Å². The lowest BCUT2D eigenvalue weighted by Crippen LogP contribution is -2.27. The first kappa shape index (κ1) is 24.7. The number of aliphatic imine (C=N–C) groups is 1. The molecule has 1 atom stereocenters. The van der Waals surface area contributed by atoms with Gasteiger partial charge in [0, 0.05) is 49.8 Å². The van der Waals surface area contributed by atoms with Gasteiger partial charge in [0.25, 0.3) is 5.56 Å². The molecule has 0 saturated heterocycles. The Bertz CT molecular complexity index is 1690. The van der Waals surface area contributed by atoms with Crippen LogP contribution in [0.3, 0.4) is 0 Å². The van der Waals surface area contributed by atoms with Crippen LogP contribution in [0.25, 0.3) is 22.4 Å². The summed E-state index contributed by atoms with van der Waals surface area (Å²) in [5.41, 5.74) is 4.80. The molecule has 0 radical (unpaired) electrons. The Hall–Kier alpha value is -3.60. The van der Waals surface area contributed by atoms with E-state index in [0.29, 0.717) is 16.6 Å². The highest BCUT2D eigenvalue weighted by atomic mass is 35.5. The summed E-state index contributed by atoms with van der Waals surface area (Å²) < 4.78 is 8.12. The van der Waals surface area contributed by atoms with Gasteiger partial charge in [-0.25, -0.2) is 4.99 Å². The summed E-state index contributed by atoms with van der Waals surface area (Å²) in [7, 11) is 1.37. The van der Waals surface area contributed by atoms with E-state index in [9.17, 15) is 9.59 Å². The third-order valence-electron chi connectivity index (χ3n) is 6.74. The zero-order valence-electron chi connectivity index (χ0n) is 20.1. The van der Waals surface area contributed by atoms with Crippen molar-refractivity contribution in [3.8, 4) is 16.8 Å². The number of nitrogens with zero attached hydrogens (tertiary/aromatic N) is 6. The number of carbonyl (C=O) groups excluding carboxylic acids is 1. The van der Waals surface area contributed by atoms with Gasteiger partial charge in [0.05, 0.1) is 25.3 Å². The highest BCUT2D eigenvalue weighted by Gasteiger charge is 2.32. The van der Waals surface area contributed by atoms with Gasteiger partial charge in [0.2, 0.25) is 0 Å². The monoisotopic (exact) mass is 566 g/mol. The first-order valence-electron chi connectivity index (χ1n) is 11.8. The number of carbonyl (C=O) groups is 1. The molecule has 192 valence electrons. The maximum absolute atomic E-state index is 13.5. The van der Waals surface area contributed by atoms with Crippen molar-refractivity contribution in [2.75, 3.05) is 7.11 Å². The molecule has 0 spiro atoms. The van der Waals surface area contributed by atoms with Crippen LogP contribution < -0.4 is 5.56 Å². The number of ether oxygens (including phenoxy) is 1. The molecule has 2 aliphatic heterocycles. The van der Waals surface area contributed by atoms with Crippen LogP contribution in [0, 0.1) is 0 Å². The van der Waals surface area contributed by atoms with Gasteiger partial charge in [-0.3, -0.25) is 9.59 Å². The maximum Gasteiger partial charge on any atom is 0.310 e. The minimum atomic E-state index is -0.286. The fourth-order valence-corrected chi connectivity index (χ4v) is 6.54. The first-order chi connectivity index (χ1) is 18.4. The molecule has 1 aromatic carbocycles. The van der Waals surface area contributed by atoms with Crippen LogP contribution in [0.15, 0.2) is 63.7 Å². The van der Waals surface area contributed by atoms with Crippen LogP contribution in [0.1, 0.15) is 34.3 Å². The fraction of sp³-hybridized carbons (Fsp3) is 0.231. The third-order valence-corrected chi connectivity index (χ3v) is 8.43. The molecule has 38 heavy (non-hydrogen) atoms. The van der Waals surface area contributed by atoms with E-state index < -0.39 is 0 Å². The summed E-state index contributed by atoms with van der Waals surface area (Å²) in [5.74, 6) is -0.286. The van der Waals surface area contributed by atoms with Crippen LogP contribution in [-0.2, 0) is 22.4 Å². The fourth-order valence-electron chi connectivity index (χ4n) is 4.99. The number of allylic oxidation sites excluding steroid dienone is 1. The zero-order chi connectivity index (χ0) is 26.4. The van der Waals surface area contributed by atoms with Crippen molar-refractivity contribution in [1.29, 1.82) is 0 Å². The van der Waals surface area contributed by atoms with Gasteiger partial charge in [-0.1, -0.05) is 23.2 Å². The normalized spacial score (nSPS) is 16.6. The Morgan fingerprint density at radius 2 is 2.05 bits per heavy atom. The second-order valence-electron chi connectivity index (χ2n) is 8.98. The van der Waals surface area contributed by atoms with E-state index in [4.69, 9.17) is 27.9 Å². The van der Waals surface area contributed by atoms with Crippen LogP contribution in [0.5, 0.6) is 0 Å². The minimum Gasteiger partial charge on any atom is -0.469 e. The van der Waals surface area contributed by atoms with Gasteiger partial charge in [-0.05, 0) is 65.2 Å². The summed E-state index contributed by atoms with van der Waals surface area (Å²) >= 11 is 14.4. The number of pyridine rings is 1. The molecule has 2 aliphatic rings. The lowest BCUT2D eigenvalue weighted by Gasteiger charge is -2.16. The van der Waals surface area contributed by atoms with Gasteiger partial charge in [-0.2, -0.15) is 4.68 Å². The van der Waals surface area contributed by atoms with Crippen LogP contribution in [-0.4, -0.2) is 43.6 Å². The van der Waals surface area contributed by atoms with Crippen molar-refractivity contribution < 1.29 is 9.53 Å². The number of halogens is 2. The molecule has 0 bridgehead atoms. The molecule has 9 nitrogen and oxygen atoms in total. The molecule has 3 aromatic heterocycles. The van der Waals surface area contributed by atoms with Gasteiger partial charge in [-0.15, -0.1) is 16.4 Å². The van der Waals surface area contributed by atoms with Gasteiger partial charge in [0.15, 0.2) is 0 Å². The number of aryl methyl sites for hydroxylation is 1. The van der Waals surface area contributed by atoms with E-state index in [2.05, 4.69) is 20.5 Å². The van der Waals surface area contributed by atoms with Crippen molar-refractivity contribution in [1.82, 2.24) is 24.8 Å². The van der Waals surface area contributed by atoms with Crippen molar-refractivity contribution in [2.24, 2.45) is 4.99 Å². The lowest BCUT2D eigenvalue weighted by molar-refractivity contribution is -0.139. The molecule has 12 heteroatoms. The topological polar surface area (TPSA) is 104 Å². The molecular formula is C26H20Cl2N6O3S. The number of rotatable bonds is 6. The molecular weight excluding hydrogens is 547 g/mol. The predicted molar refractivity (Wildman–Crippen MR) is 146 cm³/mol. The summed E-state index contributed by atoms with van der Waals surface area (Å²) in [6, 6.07) is 12.7. The van der Waals surface area contributed by atoms with Crippen LogP contribution in [0.2, 0.25) is 5.02 Å². The SMILES string of the molecule is COC(=O)Cc1ccc(C2=C(Cl)N=C([C@@H]3CCc4cc(-c5cc(Cl)ccc5-n5cnnn5)cc(=O)n43)C2)s1. The molecule has 6 rings (SSSR count). The smallest absolute Gasteiger partial charge is 0.310 e. The Kier molecular flexibility index (Phi) is 6.46. The molecule has 0 saturated carbocycles. The second kappa shape index (κ2) is 9.94. The average molecular weight is 567 g/mol. The maximum atomic E-state index is 13.5. The number of fused-ring (bicyclic) bond motifs is 1. The van der Waals surface area contributed by atoms with E-state index in [1.807, 2.05) is 34.9 Å². The van der Waals surface area contributed by atoms with E-state index in [1.165, 1.54) is 24.8 Å². The summed E-state index contributed by atoms with van der Waals surface area (Å²) in [5, 5.41) is 12.4. The lowest BCUT2D eigenvalue weighted by atomic mass is 10.0. The predicted octanol–water partition coefficient (Wildman–Crippen LogP) is 4.86. The van der Waals surface area contributed by atoms with E-state index in [-0.39, 0.29) is 24.0 Å². The molecule has 5 heterocycles. The molecule has 0 amide bonds. The standard InChI is InChI=1S/C26H20Cl2N6O3S/c1-37-25(36)11-17-4-7-23(38-17)19-12-20(30-26(19)28)22-6-3-16-8-14(9-24(35)34(16)22)18-10-15(27)2-5-21(18)33-13-29-31-32-33/h2,4-5,7-10,13,22H,3,6,11-12H2,1H3/t22-/m0/s1. The Balaban J connectivity index is 1.28. The summed E-state index contributed by atoms with van der Waals surface area (Å²) in [6.45, 7) is 0.